The Hall–Kier alpha value is -3.70. The van der Waals surface area contributed by atoms with Gasteiger partial charge in [-0.2, -0.15) is 0 Å². The Morgan fingerprint density at radius 1 is 0.865 bits per heavy atom. The Kier molecular flexibility index (Phi) is 7.94. The third-order valence-corrected chi connectivity index (χ3v) is 6.62. The lowest BCUT2D eigenvalue weighted by Crippen LogP contribution is -2.22. The Morgan fingerprint density at radius 3 is 2.27 bits per heavy atom. The molecule has 5 heteroatoms. The highest BCUT2D eigenvalue weighted by Gasteiger charge is 2.18. The molecule has 0 radical (unpaired) electrons. The SMILES string of the molecule is COc1cc(F)cc([C@@H](C)NC(C)c2cc(-c3ccc(C)c(C(=O)OC(C)C)c3)c3ccccc3c2)c1. The molecule has 0 saturated carbocycles. The third kappa shape index (κ3) is 6.00. The Labute approximate surface area is 218 Å². The summed E-state index contributed by atoms with van der Waals surface area (Å²) in [5, 5.41) is 5.81. The fourth-order valence-electron chi connectivity index (χ4n) is 4.63. The number of aryl methyl sites for hydroxylation is 1. The molecule has 0 aromatic heterocycles. The van der Waals surface area contributed by atoms with Crippen LogP contribution in [0.1, 0.15) is 66.8 Å². The van der Waals surface area contributed by atoms with Crippen LogP contribution in [0.4, 0.5) is 4.39 Å². The van der Waals surface area contributed by atoms with Crippen molar-refractivity contribution in [1.29, 1.82) is 0 Å². The van der Waals surface area contributed by atoms with E-state index in [1.807, 2.05) is 64.1 Å². The number of hydrogen-bond acceptors (Lipinski definition) is 4. The molecule has 2 atom stereocenters. The molecular weight excluding hydrogens is 465 g/mol. The molecule has 192 valence electrons. The van der Waals surface area contributed by atoms with E-state index in [0.29, 0.717) is 11.3 Å². The van der Waals surface area contributed by atoms with Gasteiger partial charge in [0, 0.05) is 18.2 Å². The molecule has 37 heavy (non-hydrogen) atoms. The summed E-state index contributed by atoms with van der Waals surface area (Å²) in [5.41, 5.74) is 5.35. The lowest BCUT2D eigenvalue weighted by molar-refractivity contribution is 0.0377. The number of nitrogens with one attached hydrogen (secondary N) is 1. The van der Waals surface area contributed by atoms with E-state index in [-0.39, 0.29) is 30.0 Å². The van der Waals surface area contributed by atoms with Crippen molar-refractivity contribution in [3.63, 3.8) is 0 Å². The second-order valence-electron chi connectivity index (χ2n) is 9.81. The maximum atomic E-state index is 14.1. The van der Waals surface area contributed by atoms with Crippen molar-refractivity contribution in [2.24, 2.45) is 0 Å². The number of carbonyl (C=O) groups is 1. The van der Waals surface area contributed by atoms with E-state index in [1.54, 1.807) is 0 Å². The van der Waals surface area contributed by atoms with E-state index in [4.69, 9.17) is 9.47 Å². The van der Waals surface area contributed by atoms with Crippen molar-refractivity contribution in [1.82, 2.24) is 5.32 Å². The van der Waals surface area contributed by atoms with Gasteiger partial charge in [-0.3, -0.25) is 0 Å². The van der Waals surface area contributed by atoms with Crippen LogP contribution in [-0.4, -0.2) is 19.2 Å². The van der Waals surface area contributed by atoms with Crippen molar-refractivity contribution < 1.29 is 18.7 Å². The maximum absolute atomic E-state index is 14.1. The summed E-state index contributed by atoms with van der Waals surface area (Å²) >= 11 is 0. The topological polar surface area (TPSA) is 47.6 Å². The lowest BCUT2D eigenvalue weighted by atomic mass is 9.91. The average Bonchev–Trinajstić information content (AvgIpc) is 2.87. The quantitative estimate of drug-likeness (QED) is 0.250. The first kappa shape index (κ1) is 26.4. The van der Waals surface area contributed by atoms with Gasteiger partial charge < -0.3 is 14.8 Å². The predicted molar refractivity (Wildman–Crippen MR) is 148 cm³/mol. The Morgan fingerprint density at radius 2 is 1.57 bits per heavy atom. The number of hydrogen-bond donors (Lipinski definition) is 1. The second-order valence-corrected chi connectivity index (χ2v) is 9.81. The molecule has 0 amide bonds. The van der Waals surface area contributed by atoms with Crippen molar-refractivity contribution in [2.45, 2.75) is 52.8 Å². The number of benzene rings is 4. The number of fused-ring (bicyclic) bond motifs is 1. The minimum absolute atomic E-state index is 0.0246. The van der Waals surface area contributed by atoms with E-state index in [0.717, 1.165) is 38.6 Å². The van der Waals surface area contributed by atoms with Gasteiger partial charge in [-0.15, -0.1) is 0 Å². The molecule has 1 unspecified atom stereocenters. The maximum Gasteiger partial charge on any atom is 0.338 e. The molecule has 1 N–H and O–H groups in total. The molecule has 0 aliphatic carbocycles. The molecular formula is C32H34FNO3. The zero-order valence-corrected chi connectivity index (χ0v) is 22.3. The molecule has 0 aliphatic rings. The molecule has 0 fully saturated rings. The minimum atomic E-state index is -0.324. The summed E-state index contributed by atoms with van der Waals surface area (Å²) in [6, 6.07) is 23.2. The summed E-state index contributed by atoms with van der Waals surface area (Å²) in [5.74, 6) is -0.144. The van der Waals surface area contributed by atoms with E-state index >= 15 is 0 Å². The van der Waals surface area contributed by atoms with E-state index in [1.165, 1.54) is 19.2 Å². The highest BCUT2D eigenvalue weighted by molar-refractivity contribution is 5.99. The molecule has 0 saturated heterocycles. The lowest BCUT2D eigenvalue weighted by Gasteiger charge is -2.23. The second kappa shape index (κ2) is 11.1. The fourth-order valence-corrected chi connectivity index (χ4v) is 4.63. The van der Waals surface area contributed by atoms with Crippen LogP contribution in [0, 0.1) is 12.7 Å². The van der Waals surface area contributed by atoms with Crippen LogP contribution < -0.4 is 10.1 Å². The zero-order valence-electron chi connectivity index (χ0n) is 22.3. The van der Waals surface area contributed by atoms with Crippen molar-refractivity contribution in [2.75, 3.05) is 7.11 Å². The van der Waals surface area contributed by atoms with Crippen LogP contribution in [0.2, 0.25) is 0 Å². The third-order valence-electron chi connectivity index (χ3n) is 6.62. The van der Waals surface area contributed by atoms with Gasteiger partial charge in [-0.25, -0.2) is 9.18 Å². The van der Waals surface area contributed by atoms with E-state index in [2.05, 4.69) is 36.5 Å². The molecule has 4 rings (SSSR count). The number of esters is 1. The smallest absolute Gasteiger partial charge is 0.338 e. The van der Waals surface area contributed by atoms with Gasteiger partial charge in [0.25, 0.3) is 0 Å². The summed E-state index contributed by atoms with van der Waals surface area (Å²) < 4.78 is 24.8. The highest BCUT2D eigenvalue weighted by atomic mass is 19.1. The number of halogens is 1. The molecule has 4 aromatic carbocycles. The van der Waals surface area contributed by atoms with Crippen LogP contribution in [-0.2, 0) is 4.74 Å². The predicted octanol–water partition coefficient (Wildman–Crippen LogP) is 7.94. The van der Waals surface area contributed by atoms with E-state index in [9.17, 15) is 9.18 Å². The van der Waals surface area contributed by atoms with Gasteiger partial charge in [0.15, 0.2) is 0 Å². The first-order valence-corrected chi connectivity index (χ1v) is 12.6. The summed E-state index contributed by atoms with van der Waals surface area (Å²) in [4.78, 5) is 12.8. The van der Waals surface area contributed by atoms with Gasteiger partial charge in [0.05, 0.1) is 18.8 Å². The number of ether oxygens (including phenoxy) is 2. The van der Waals surface area contributed by atoms with Gasteiger partial charge in [0.1, 0.15) is 11.6 Å². The fraction of sp³-hybridized carbons (Fsp3) is 0.281. The average molecular weight is 500 g/mol. The van der Waals surface area contributed by atoms with Gasteiger partial charge in [-0.05, 0) is 104 Å². The summed E-state index contributed by atoms with van der Waals surface area (Å²) in [6.07, 6.45) is -0.188. The van der Waals surface area contributed by atoms with Crippen LogP contribution in [0.3, 0.4) is 0 Å². The molecule has 0 heterocycles. The minimum Gasteiger partial charge on any atom is -0.497 e. The van der Waals surface area contributed by atoms with Crippen LogP contribution in [0.5, 0.6) is 5.75 Å². The monoisotopic (exact) mass is 499 g/mol. The van der Waals surface area contributed by atoms with Crippen molar-refractivity contribution in [3.8, 4) is 16.9 Å². The summed E-state index contributed by atoms with van der Waals surface area (Å²) in [6.45, 7) is 9.73. The van der Waals surface area contributed by atoms with Crippen LogP contribution in [0.25, 0.3) is 21.9 Å². The first-order chi connectivity index (χ1) is 17.7. The van der Waals surface area contributed by atoms with Crippen molar-refractivity contribution in [3.05, 3.63) is 101 Å². The van der Waals surface area contributed by atoms with Crippen LogP contribution >= 0.6 is 0 Å². The molecule has 4 nitrogen and oxygen atoms in total. The highest BCUT2D eigenvalue weighted by Crippen LogP contribution is 2.34. The normalized spacial score (nSPS) is 13.0. The van der Waals surface area contributed by atoms with Crippen molar-refractivity contribution >= 4 is 16.7 Å². The molecule has 0 aliphatic heterocycles. The summed E-state index contributed by atoms with van der Waals surface area (Å²) in [7, 11) is 1.54. The standard InChI is InChI=1S/C32H34FNO3/c1-19(2)37-32(35)30-16-24(12-11-20(30)3)31-17-25(13-23-9-7-8-10-29(23)31)21(4)34-22(5)26-14-27(33)18-28(15-26)36-6/h7-19,21-22,34H,1-6H3/t21?,22-/m1/s1. The number of methoxy groups -OCH3 is 1. The van der Waals surface area contributed by atoms with E-state index < -0.39 is 0 Å². The molecule has 0 bridgehead atoms. The zero-order chi connectivity index (χ0) is 26.7. The number of rotatable bonds is 8. The number of carbonyl (C=O) groups excluding carboxylic acids is 1. The molecule has 0 spiro atoms. The van der Waals surface area contributed by atoms with Crippen LogP contribution in [0.15, 0.2) is 72.8 Å². The van der Waals surface area contributed by atoms with Gasteiger partial charge >= 0.3 is 5.97 Å². The van der Waals surface area contributed by atoms with Gasteiger partial charge in [-0.1, -0.05) is 36.4 Å². The molecule has 4 aromatic rings. The Bertz CT molecular complexity index is 1430. The van der Waals surface area contributed by atoms with Gasteiger partial charge in [0.2, 0.25) is 0 Å². The first-order valence-electron chi connectivity index (χ1n) is 12.6. The Balaban J connectivity index is 1.72. The largest absolute Gasteiger partial charge is 0.497 e.